The molecule has 12 heavy (non-hydrogen) atoms. The monoisotopic (exact) mass is 175 g/mol. The summed E-state index contributed by atoms with van der Waals surface area (Å²) in [6.07, 6.45) is 0. The highest BCUT2D eigenvalue weighted by Gasteiger charge is 2.00. The van der Waals surface area contributed by atoms with Crippen LogP contribution in [0.25, 0.3) is 0 Å². The Hall–Kier alpha value is -1.18. The number of esters is 1. The van der Waals surface area contributed by atoms with Crippen LogP contribution < -0.4 is 17.0 Å². The van der Waals surface area contributed by atoms with E-state index < -0.39 is 5.97 Å². The molecule has 70 valence electrons. The van der Waals surface area contributed by atoms with Gasteiger partial charge in [0.15, 0.2) is 6.73 Å². The summed E-state index contributed by atoms with van der Waals surface area (Å²) in [7, 11) is 0. The van der Waals surface area contributed by atoms with Gasteiger partial charge < -0.3 is 10.5 Å². The van der Waals surface area contributed by atoms with Crippen LogP contribution in [0.4, 0.5) is 0 Å². The molecule has 0 spiro atoms. The standard InChI is InChI=1S/C5H13N5O2/c1-4(7)10(8)9-3-12-5(11)2-6/h7,9H,2-3,6,8H2,1H3. The summed E-state index contributed by atoms with van der Waals surface area (Å²) < 4.78 is 4.52. The second-order valence-electron chi connectivity index (χ2n) is 1.98. The fourth-order valence-corrected chi connectivity index (χ4v) is 0.360. The third-order valence-electron chi connectivity index (χ3n) is 0.996. The van der Waals surface area contributed by atoms with Gasteiger partial charge in [-0.15, -0.1) is 0 Å². The van der Waals surface area contributed by atoms with Crippen molar-refractivity contribution in [2.75, 3.05) is 13.3 Å². The van der Waals surface area contributed by atoms with Gasteiger partial charge in [-0.3, -0.25) is 10.2 Å². The van der Waals surface area contributed by atoms with Crippen molar-refractivity contribution in [2.24, 2.45) is 11.6 Å². The van der Waals surface area contributed by atoms with Gasteiger partial charge in [0.1, 0.15) is 5.84 Å². The second kappa shape index (κ2) is 5.47. The smallest absolute Gasteiger partial charge is 0.321 e. The lowest BCUT2D eigenvalue weighted by Gasteiger charge is -2.16. The first-order valence-electron chi connectivity index (χ1n) is 3.27. The van der Waals surface area contributed by atoms with Crippen molar-refractivity contribution in [3.63, 3.8) is 0 Å². The molecule has 0 bridgehead atoms. The first kappa shape index (κ1) is 10.8. The fourth-order valence-electron chi connectivity index (χ4n) is 0.360. The Morgan fingerprint density at radius 2 is 2.33 bits per heavy atom. The van der Waals surface area contributed by atoms with E-state index in [2.05, 4.69) is 10.2 Å². The highest BCUT2D eigenvalue weighted by atomic mass is 16.5. The number of nitrogens with zero attached hydrogens (tertiary/aromatic N) is 1. The summed E-state index contributed by atoms with van der Waals surface area (Å²) >= 11 is 0. The number of hydrogen-bond donors (Lipinski definition) is 4. The van der Waals surface area contributed by atoms with Crippen molar-refractivity contribution < 1.29 is 9.53 Å². The van der Waals surface area contributed by atoms with Crippen LogP contribution in [0.15, 0.2) is 0 Å². The number of hydrazine groups is 2. The van der Waals surface area contributed by atoms with E-state index >= 15 is 0 Å². The van der Waals surface area contributed by atoms with Crippen molar-refractivity contribution >= 4 is 11.8 Å². The van der Waals surface area contributed by atoms with Crippen molar-refractivity contribution in [3.05, 3.63) is 0 Å². The van der Waals surface area contributed by atoms with Gasteiger partial charge in [-0.1, -0.05) is 0 Å². The molecular formula is C5H13N5O2. The maximum absolute atomic E-state index is 10.5. The maximum Gasteiger partial charge on any atom is 0.321 e. The highest BCUT2D eigenvalue weighted by Crippen LogP contribution is 1.75. The molecular weight excluding hydrogens is 162 g/mol. The molecule has 7 heteroatoms. The van der Waals surface area contributed by atoms with Crippen LogP contribution in [0, 0.1) is 5.41 Å². The predicted molar refractivity (Wildman–Crippen MR) is 42.6 cm³/mol. The zero-order valence-corrected chi connectivity index (χ0v) is 6.83. The Morgan fingerprint density at radius 3 is 2.75 bits per heavy atom. The molecule has 0 radical (unpaired) electrons. The lowest BCUT2D eigenvalue weighted by molar-refractivity contribution is -0.143. The normalized spacial score (nSPS) is 9.25. The van der Waals surface area contributed by atoms with Gasteiger partial charge in [0.25, 0.3) is 0 Å². The SMILES string of the molecule is CC(=N)N(N)NCOC(=O)CN. The van der Waals surface area contributed by atoms with E-state index in [0.717, 1.165) is 5.12 Å². The average molecular weight is 175 g/mol. The van der Waals surface area contributed by atoms with E-state index in [1.807, 2.05) is 0 Å². The molecule has 0 aromatic carbocycles. The maximum atomic E-state index is 10.5. The average Bonchev–Trinajstić information content (AvgIpc) is 2.03. The quantitative estimate of drug-likeness (QED) is 0.0992. The molecule has 6 N–H and O–H groups in total. The van der Waals surface area contributed by atoms with Crippen molar-refractivity contribution in [1.29, 1.82) is 5.41 Å². The molecule has 0 fully saturated rings. The number of ether oxygens (including phenoxy) is 1. The predicted octanol–water partition coefficient (Wildman–Crippen LogP) is -1.88. The van der Waals surface area contributed by atoms with Gasteiger partial charge in [0.2, 0.25) is 0 Å². The van der Waals surface area contributed by atoms with Crippen molar-refractivity contribution in [1.82, 2.24) is 10.5 Å². The molecule has 0 saturated heterocycles. The lowest BCUT2D eigenvalue weighted by Crippen LogP contribution is -2.48. The molecule has 0 aliphatic heterocycles. The van der Waals surface area contributed by atoms with E-state index in [0.29, 0.717) is 0 Å². The molecule has 0 amide bonds. The third kappa shape index (κ3) is 4.61. The lowest BCUT2D eigenvalue weighted by atomic mass is 10.7. The van der Waals surface area contributed by atoms with Crippen LogP contribution in [0.3, 0.4) is 0 Å². The van der Waals surface area contributed by atoms with Crippen LogP contribution in [0.2, 0.25) is 0 Å². The van der Waals surface area contributed by atoms with Crippen LogP contribution in [0.1, 0.15) is 6.92 Å². The first-order valence-corrected chi connectivity index (χ1v) is 3.27. The number of nitrogens with two attached hydrogens (primary N) is 2. The van der Waals surface area contributed by atoms with E-state index in [9.17, 15) is 4.79 Å². The largest absolute Gasteiger partial charge is 0.447 e. The summed E-state index contributed by atoms with van der Waals surface area (Å²) in [6.45, 7) is 1.22. The van der Waals surface area contributed by atoms with E-state index in [4.69, 9.17) is 17.0 Å². The third-order valence-corrected chi connectivity index (χ3v) is 0.996. The molecule has 0 unspecified atom stereocenters. The number of carbonyl (C=O) groups excluding carboxylic acids is 1. The van der Waals surface area contributed by atoms with Crippen molar-refractivity contribution in [2.45, 2.75) is 6.92 Å². The van der Waals surface area contributed by atoms with Gasteiger partial charge in [-0.05, 0) is 6.92 Å². The molecule has 0 aromatic rings. The number of carbonyl (C=O) groups is 1. The van der Waals surface area contributed by atoms with Gasteiger partial charge in [-0.25, -0.2) is 11.0 Å². The summed E-state index contributed by atoms with van der Waals surface area (Å²) in [6, 6.07) is 0. The Labute approximate surface area is 70.1 Å². The van der Waals surface area contributed by atoms with Gasteiger partial charge >= 0.3 is 5.97 Å². The van der Waals surface area contributed by atoms with Crippen LogP contribution in [0.5, 0.6) is 0 Å². The molecule has 0 saturated carbocycles. The molecule has 0 aliphatic rings. The summed E-state index contributed by atoms with van der Waals surface area (Å²) in [5.74, 6) is 4.80. The number of amidine groups is 1. The topological polar surface area (TPSA) is 117 Å². The summed E-state index contributed by atoms with van der Waals surface area (Å²) in [5, 5.41) is 7.94. The number of rotatable bonds is 4. The summed E-state index contributed by atoms with van der Waals surface area (Å²) in [5.41, 5.74) is 7.39. The molecule has 0 aromatic heterocycles. The van der Waals surface area contributed by atoms with Gasteiger partial charge in [0.05, 0.1) is 6.54 Å². The number of nitrogens with one attached hydrogen (secondary N) is 2. The van der Waals surface area contributed by atoms with Crippen LogP contribution in [-0.2, 0) is 9.53 Å². The van der Waals surface area contributed by atoms with E-state index in [1.54, 1.807) is 0 Å². The van der Waals surface area contributed by atoms with Gasteiger partial charge in [-0.2, -0.15) is 5.43 Å². The minimum absolute atomic E-state index is 0.0945. The van der Waals surface area contributed by atoms with Crippen LogP contribution in [-0.4, -0.2) is 30.2 Å². The molecule has 0 heterocycles. The van der Waals surface area contributed by atoms with Gasteiger partial charge in [0, 0.05) is 0 Å². The highest BCUT2D eigenvalue weighted by molar-refractivity contribution is 5.75. The Morgan fingerprint density at radius 1 is 1.75 bits per heavy atom. The second-order valence-corrected chi connectivity index (χ2v) is 1.98. The minimum atomic E-state index is -0.529. The molecule has 7 nitrogen and oxygen atoms in total. The van der Waals surface area contributed by atoms with Crippen LogP contribution >= 0.6 is 0 Å². The van der Waals surface area contributed by atoms with Crippen molar-refractivity contribution in [3.8, 4) is 0 Å². The van der Waals surface area contributed by atoms with E-state index in [1.165, 1.54) is 6.92 Å². The first-order chi connectivity index (χ1) is 5.57. The minimum Gasteiger partial charge on any atom is -0.447 e. The van der Waals surface area contributed by atoms with E-state index in [-0.39, 0.29) is 19.1 Å². The fraction of sp³-hybridized carbons (Fsp3) is 0.600. The zero-order valence-electron chi connectivity index (χ0n) is 6.83. The summed E-state index contributed by atoms with van der Waals surface area (Å²) in [4.78, 5) is 10.5. The Balaban J connectivity index is 3.43. The molecule has 0 aliphatic carbocycles. The Bertz CT molecular complexity index is 171. The number of hydrogen-bond acceptors (Lipinski definition) is 6. The molecule has 0 atom stereocenters. The molecule has 0 rings (SSSR count). The zero-order chi connectivity index (χ0) is 9.56. The Kier molecular flexibility index (Phi) is 4.93.